The summed E-state index contributed by atoms with van der Waals surface area (Å²) in [6.07, 6.45) is 3.61. The Bertz CT molecular complexity index is 1050. The van der Waals surface area contributed by atoms with Gasteiger partial charge in [0.15, 0.2) is 5.65 Å². The molecule has 1 aliphatic rings. The van der Waals surface area contributed by atoms with Crippen LogP contribution < -0.4 is 10.6 Å². The number of rotatable bonds is 4. The van der Waals surface area contributed by atoms with Crippen molar-refractivity contribution in [3.05, 3.63) is 35.4 Å². The molecule has 29 heavy (non-hydrogen) atoms. The second kappa shape index (κ2) is 7.63. The first kappa shape index (κ1) is 19.6. The molecule has 4 rings (SSSR count). The number of carbonyl (C=O) groups excluding carboxylic acids is 1. The highest BCUT2D eigenvalue weighted by molar-refractivity contribution is 6.06. The van der Waals surface area contributed by atoms with Crippen molar-refractivity contribution in [2.45, 2.75) is 65.6 Å². The van der Waals surface area contributed by atoms with Crippen molar-refractivity contribution in [2.75, 3.05) is 6.54 Å². The summed E-state index contributed by atoms with van der Waals surface area (Å²) < 4.78 is 7.57. The molecule has 4 heterocycles. The number of nitrogens with one attached hydrogen (secondary N) is 2. The molecule has 1 saturated heterocycles. The molecule has 7 nitrogen and oxygen atoms in total. The minimum absolute atomic E-state index is 0.0704. The first-order chi connectivity index (χ1) is 13.8. The van der Waals surface area contributed by atoms with E-state index in [4.69, 9.17) is 9.40 Å². The van der Waals surface area contributed by atoms with E-state index in [-0.39, 0.29) is 18.0 Å². The monoisotopic (exact) mass is 395 g/mol. The fourth-order valence-corrected chi connectivity index (χ4v) is 4.13. The van der Waals surface area contributed by atoms with Crippen LogP contribution in [0.15, 0.2) is 22.7 Å². The molecule has 2 unspecified atom stereocenters. The Labute approximate surface area is 170 Å². The lowest BCUT2D eigenvalue weighted by molar-refractivity contribution is 0.0927. The van der Waals surface area contributed by atoms with Gasteiger partial charge in [-0.05, 0) is 66.1 Å². The molecule has 3 aromatic rings. The Morgan fingerprint density at radius 1 is 1.34 bits per heavy atom. The van der Waals surface area contributed by atoms with Crippen LogP contribution in [-0.4, -0.2) is 39.3 Å². The van der Waals surface area contributed by atoms with Gasteiger partial charge in [0.05, 0.1) is 22.8 Å². The summed E-state index contributed by atoms with van der Waals surface area (Å²) in [6.45, 7) is 11.0. The van der Waals surface area contributed by atoms with Crippen molar-refractivity contribution in [1.29, 1.82) is 0 Å². The number of hydrogen-bond acceptors (Lipinski definition) is 5. The van der Waals surface area contributed by atoms with Crippen LogP contribution in [0, 0.1) is 13.8 Å². The maximum Gasteiger partial charge on any atom is 0.252 e. The molecular formula is C22H29N5O2. The number of piperidine rings is 1. The number of nitrogens with zero attached hydrogens (tertiary/aromatic N) is 3. The molecule has 0 radical (unpaired) electrons. The quantitative estimate of drug-likeness (QED) is 0.703. The first-order valence-electron chi connectivity index (χ1n) is 10.3. The van der Waals surface area contributed by atoms with Crippen molar-refractivity contribution in [3.8, 4) is 11.3 Å². The lowest BCUT2D eigenvalue weighted by atomic mass is 9.99. The van der Waals surface area contributed by atoms with E-state index in [2.05, 4.69) is 36.5 Å². The molecule has 0 bridgehead atoms. The van der Waals surface area contributed by atoms with E-state index in [0.717, 1.165) is 53.2 Å². The zero-order valence-corrected chi connectivity index (χ0v) is 17.7. The van der Waals surface area contributed by atoms with E-state index >= 15 is 0 Å². The first-order valence-corrected chi connectivity index (χ1v) is 10.3. The van der Waals surface area contributed by atoms with Crippen LogP contribution in [0.5, 0.6) is 0 Å². The Kier molecular flexibility index (Phi) is 5.17. The largest absolute Gasteiger partial charge is 0.466 e. The van der Waals surface area contributed by atoms with Gasteiger partial charge in [-0.15, -0.1) is 0 Å². The van der Waals surface area contributed by atoms with Gasteiger partial charge < -0.3 is 15.1 Å². The van der Waals surface area contributed by atoms with Crippen LogP contribution in [0.4, 0.5) is 0 Å². The zero-order chi connectivity index (χ0) is 20.7. The predicted molar refractivity (Wildman–Crippen MR) is 113 cm³/mol. The van der Waals surface area contributed by atoms with E-state index in [1.807, 2.05) is 30.7 Å². The normalized spacial score (nSPS) is 19.8. The lowest BCUT2D eigenvalue weighted by Crippen LogP contribution is -2.46. The fraction of sp³-hybridized carbons (Fsp3) is 0.500. The van der Waals surface area contributed by atoms with E-state index in [9.17, 15) is 4.79 Å². The van der Waals surface area contributed by atoms with Crippen LogP contribution in [0.2, 0.25) is 0 Å². The Hall–Kier alpha value is -2.67. The molecule has 0 spiro atoms. The molecule has 1 aliphatic heterocycles. The van der Waals surface area contributed by atoms with Gasteiger partial charge in [-0.2, -0.15) is 5.10 Å². The third-order valence-electron chi connectivity index (χ3n) is 5.58. The fourth-order valence-electron chi connectivity index (χ4n) is 4.13. The molecule has 0 saturated carbocycles. The minimum atomic E-state index is -0.0704. The van der Waals surface area contributed by atoms with Crippen molar-refractivity contribution >= 4 is 16.9 Å². The van der Waals surface area contributed by atoms with Crippen molar-refractivity contribution < 1.29 is 9.21 Å². The summed E-state index contributed by atoms with van der Waals surface area (Å²) in [5, 5.41) is 11.9. The molecule has 2 atom stereocenters. The van der Waals surface area contributed by atoms with Crippen LogP contribution in [-0.2, 0) is 0 Å². The van der Waals surface area contributed by atoms with Gasteiger partial charge in [-0.1, -0.05) is 0 Å². The number of fused-ring (bicyclic) bond motifs is 1. The van der Waals surface area contributed by atoms with Gasteiger partial charge in [0, 0.05) is 23.7 Å². The summed E-state index contributed by atoms with van der Waals surface area (Å²) in [5.41, 5.74) is 2.98. The molecular weight excluding hydrogens is 366 g/mol. The van der Waals surface area contributed by atoms with Gasteiger partial charge in [0.1, 0.15) is 11.5 Å². The van der Waals surface area contributed by atoms with Crippen molar-refractivity contribution in [2.24, 2.45) is 0 Å². The average molecular weight is 396 g/mol. The third kappa shape index (κ3) is 3.79. The van der Waals surface area contributed by atoms with Crippen LogP contribution in [0.1, 0.15) is 61.5 Å². The predicted octanol–water partition coefficient (Wildman–Crippen LogP) is 3.76. The van der Waals surface area contributed by atoms with Crippen LogP contribution >= 0.6 is 0 Å². The summed E-state index contributed by atoms with van der Waals surface area (Å²) in [7, 11) is 0. The number of aryl methyl sites for hydroxylation is 2. The number of furan rings is 1. The summed E-state index contributed by atoms with van der Waals surface area (Å²) >= 11 is 0. The van der Waals surface area contributed by atoms with E-state index in [0.29, 0.717) is 11.6 Å². The van der Waals surface area contributed by atoms with E-state index < -0.39 is 0 Å². The number of carbonyl (C=O) groups is 1. The highest BCUT2D eigenvalue weighted by atomic mass is 16.3. The number of aromatic nitrogens is 3. The molecule has 154 valence electrons. The van der Waals surface area contributed by atoms with Crippen LogP contribution in [0.3, 0.4) is 0 Å². The molecule has 7 heteroatoms. The Morgan fingerprint density at radius 2 is 2.14 bits per heavy atom. The second-order valence-corrected chi connectivity index (χ2v) is 8.35. The molecule has 2 N–H and O–H groups in total. The summed E-state index contributed by atoms with van der Waals surface area (Å²) in [6, 6.07) is 4.55. The van der Waals surface area contributed by atoms with Gasteiger partial charge in [0.25, 0.3) is 5.91 Å². The standard InChI is InChI=1S/C22H29N5O2/c1-12(2)27-21-19(11-24-27)18(22(28)25-16-6-7-23-13(3)8-16)10-20(26-21)17-9-14(4)29-15(17)5/h9-13,16,23H,6-8H2,1-5H3,(H,25,28). The van der Waals surface area contributed by atoms with Gasteiger partial charge in [-0.3, -0.25) is 4.79 Å². The van der Waals surface area contributed by atoms with Gasteiger partial charge in [0.2, 0.25) is 0 Å². The molecule has 0 aromatic carbocycles. The number of hydrogen-bond donors (Lipinski definition) is 2. The SMILES string of the molecule is Cc1cc(-c2cc(C(=O)NC3CCNC(C)C3)c3cnn(C(C)C)c3n2)c(C)o1. The smallest absolute Gasteiger partial charge is 0.252 e. The van der Waals surface area contributed by atoms with Crippen molar-refractivity contribution in [3.63, 3.8) is 0 Å². The van der Waals surface area contributed by atoms with Crippen LogP contribution in [0.25, 0.3) is 22.3 Å². The second-order valence-electron chi connectivity index (χ2n) is 8.35. The highest BCUT2D eigenvalue weighted by Crippen LogP contribution is 2.30. The lowest BCUT2D eigenvalue weighted by Gasteiger charge is -2.28. The summed E-state index contributed by atoms with van der Waals surface area (Å²) in [5.74, 6) is 1.55. The zero-order valence-electron chi connectivity index (χ0n) is 17.7. The Morgan fingerprint density at radius 3 is 2.79 bits per heavy atom. The van der Waals surface area contributed by atoms with E-state index in [1.54, 1.807) is 6.20 Å². The minimum Gasteiger partial charge on any atom is -0.466 e. The maximum atomic E-state index is 13.3. The third-order valence-corrected chi connectivity index (χ3v) is 5.58. The van der Waals surface area contributed by atoms with Gasteiger partial charge >= 0.3 is 0 Å². The number of pyridine rings is 1. The van der Waals surface area contributed by atoms with Gasteiger partial charge in [-0.25, -0.2) is 9.67 Å². The summed E-state index contributed by atoms with van der Waals surface area (Å²) in [4.78, 5) is 18.1. The molecule has 0 aliphatic carbocycles. The highest BCUT2D eigenvalue weighted by Gasteiger charge is 2.24. The molecule has 1 fully saturated rings. The molecule has 1 amide bonds. The van der Waals surface area contributed by atoms with E-state index in [1.165, 1.54) is 0 Å². The Balaban J connectivity index is 1.79. The average Bonchev–Trinajstić information content (AvgIpc) is 3.23. The van der Waals surface area contributed by atoms with Crippen molar-refractivity contribution in [1.82, 2.24) is 25.4 Å². The number of amides is 1. The topological polar surface area (TPSA) is 85.0 Å². The molecule has 3 aromatic heterocycles. The maximum absolute atomic E-state index is 13.3.